The first-order valence-corrected chi connectivity index (χ1v) is 7.83. The van der Waals surface area contributed by atoms with Gasteiger partial charge in [-0.15, -0.1) is 0 Å². The van der Waals surface area contributed by atoms with E-state index in [4.69, 9.17) is 0 Å². The molecule has 17 heavy (non-hydrogen) atoms. The van der Waals surface area contributed by atoms with Gasteiger partial charge in [-0.3, -0.25) is 9.80 Å². The number of hydrogen-bond acceptors (Lipinski definition) is 2. The molecule has 2 unspecified atom stereocenters. The summed E-state index contributed by atoms with van der Waals surface area (Å²) in [5, 5.41) is 0. The molecular formula is C15H30N2. The number of rotatable bonds is 6. The summed E-state index contributed by atoms with van der Waals surface area (Å²) in [5.41, 5.74) is 0. The van der Waals surface area contributed by atoms with Crippen LogP contribution in [0.1, 0.15) is 58.8 Å². The van der Waals surface area contributed by atoms with Crippen molar-refractivity contribution in [3.05, 3.63) is 0 Å². The average Bonchev–Trinajstić information content (AvgIpc) is 2.80. The smallest absolute Gasteiger partial charge is 0.0224 e. The van der Waals surface area contributed by atoms with Crippen molar-refractivity contribution in [2.24, 2.45) is 0 Å². The standard InChI is InChI=1S/C15H30N2/c1-3-5-6-7-10-16-13-15-9-8-11-17(15)12-14(16)4-2/h14-15H,3-13H2,1-2H3. The molecule has 0 saturated carbocycles. The highest BCUT2D eigenvalue weighted by Crippen LogP contribution is 2.26. The van der Waals surface area contributed by atoms with E-state index < -0.39 is 0 Å². The first-order chi connectivity index (χ1) is 8.35. The van der Waals surface area contributed by atoms with E-state index >= 15 is 0 Å². The third-order valence-corrected chi connectivity index (χ3v) is 4.68. The van der Waals surface area contributed by atoms with Crippen molar-refractivity contribution < 1.29 is 0 Å². The zero-order valence-electron chi connectivity index (χ0n) is 11.8. The first-order valence-electron chi connectivity index (χ1n) is 7.83. The summed E-state index contributed by atoms with van der Waals surface area (Å²) in [7, 11) is 0. The Morgan fingerprint density at radius 1 is 1.06 bits per heavy atom. The lowest BCUT2D eigenvalue weighted by Crippen LogP contribution is -2.55. The molecule has 0 spiro atoms. The van der Waals surface area contributed by atoms with Gasteiger partial charge in [-0.2, -0.15) is 0 Å². The van der Waals surface area contributed by atoms with Crippen LogP contribution in [-0.4, -0.2) is 48.1 Å². The lowest BCUT2D eigenvalue weighted by atomic mass is 10.0. The molecule has 0 aromatic carbocycles. The second-order valence-corrected chi connectivity index (χ2v) is 5.91. The van der Waals surface area contributed by atoms with Gasteiger partial charge in [0.15, 0.2) is 0 Å². The van der Waals surface area contributed by atoms with Gasteiger partial charge in [0.05, 0.1) is 0 Å². The van der Waals surface area contributed by atoms with E-state index in [1.54, 1.807) is 0 Å². The normalized spacial score (nSPS) is 30.7. The molecule has 2 aliphatic heterocycles. The van der Waals surface area contributed by atoms with Crippen LogP contribution in [0.4, 0.5) is 0 Å². The van der Waals surface area contributed by atoms with Gasteiger partial charge in [-0.1, -0.05) is 33.1 Å². The third-order valence-electron chi connectivity index (χ3n) is 4.68. The van der Waals surface area contributed by atoms with E-state index in [-0.39, 0.29) is 0 Å². The quantitative estimate of drug-likeness (QED) is 0.656. The molecule has 0 aliphatic carbocycles. The monoisotopic (exact) mass is 238 g/mol. The lowest BCUT2D eigenvalue weighted by Gasteiger charge is -2.43. The Kier molecular flexibility index (Phi) is 5.30. The zero-order chi connectivity index (χ0) is 12.1. The average molecular weight is 238 g/mol. The minimum atomic E-state index is 0.839. The summed E-state index contributed by atoms with van der Waals surface area (Å²) in [4.78, 5) is 5.54. The summed E-state index contributed by atoms with van der Waals surface area (Å²) in [6.07, 6.45) is 9.83. The molecule has 2 atom stereocenters. The van der Waals surface area contributed by atoms with E-state index in [1.165, 1.54) is 71.1 Å². The maximum atomic E-state index is 2.79. The Bertz CT molecular complexity index is 217. The highest BCUT2D eigenvalue weighted by Gasteiger charge is 2.34. The van der Waals surface area contributed by atoms with Crippen LogP contribution >= 0.6 is 0 Å². The topological polar surface area (TPSA) is 6.48 Å². The molecule has 0 bridgehead atoms. The fourth-order valence-electron chi connectivity index (χ4n) is 3.55. The molecule has 2 rings (SSSR count). The maximum absolute atomic E-state index is 2.79. The largest absolute Gasteiger partial charge is 0.298 e. The Hall–Kier alpha value is -0.0800. The summed E-state index contributed by atoms with van der Waals surface area (Å²) >= 11 is 0. The number of hydrogen-bond donors (Lipinski definition) is 0. The van der Waals surface area contributed by atoms with Gasteiger partial charge in [0.1, 0.15) is 0 Å². The summed E-state index contributed by atoms with van der Waals surface area (Å²) in [5.74, 6) is 0. The Labute approximate surface area is 107 Å². The Balaban J connectivity index is 1.77. The molecular weight excluding hydrogens is 208 g/mol. The van der Waals surface area contributed by atoms with Crippen LogP contribution in [0.3, 0.4) is 0 Å². The van der Waals surface area contributed by atoms with Crippen LogP contribution in [0, 0.1) is 0 Å². The molecule has 2 aliphatic rings. The molecule has 0 N–H and O–H groups in total. The summed E-state index contributed by atoms with van der Waals surface area (Å²) in [6, 6.07) is 1.73. The molecule has 2 fully saturated rings. The van der Waals surface area contributed by atoms with E-state index in [0.29, 0.717) is 0 Å². The summed E-state index contributed by atoms with van der Waals surface area (Å²) < 4.78 is 0. The van der Waals surface area contributed by atoms with Gasteiger partial charge >= 0.3 is 0 Å². The molecule has 0 aromatic rings. The second kappa shape index (κ2) is 6.75. The molecule has 2 heteroatoms. The summed E-state index contributed by atoms with van der Waals surface area (Å²) in [6.45, 7) is 10.1. The molecule has 100 valence electrons. The fourth-order valence-corrected chi connectivity index (χ4v) is 3.55. The van der Waals surface area contributed by atoms with Gasteiger partial charge in [0.25, 0.3) is 0 Å². The number of unbranched alkanes of at least 4 members (excludes halogenated alkanes) is 3. The lowest BCUT2D eigenvalue weighted by molar-refractivity contribution is 0.0481. The Morgan fingerprint density at radius 3 is 2.71 bits per heavy atom. The van der Waals surface area contributed by atoms with Crippen LogP contribution in [0.15, 0.2) is 0 Å². The maximum Gasteiger partial charge on any atom is 0.0224 e. The van der Waals surface area contributed by atoms with E-state index in [1.807, 2.05) is 0 Å². The van der Waals surface area contributed by atoms with E-state index in [0.717, 1.165) is 12.1 Å². The van der Waals surface area contributed by atoms with Crippen molar-refractivity contribution in [3.63, 3.8) is 0 Å². The molecule has 0 radical (unpaired) electrons. The zero-order valence-corrected chi connectivity index (χ0v) is 11.8. The van der Waals surface area contributed by atoms with Gasteiger partial charge in [-0.05, 0) is 38.8 Å². The van der Waals surface area contributed by atoms with Crippen LogP contribution < -0.4 is 0 Å². The SMILES string of the molecule is CCCCCCN1CC2CCCN2CC1CC. The van der Waals surface area contributed by atoms with Crippen molar-refractivity contribution in [2.45, 2.75) is 70.9 Å². The van der Waals surface area contributed by atoms with Gasteiger partial charge < -0.3 is 0 Å². The van der Waals surface area contributed by atoms with Crippen molar-refractivity contribution >= 4 is 0 Å². The minimum Gasteiger partial charge on any atom is -0.298 e. The van der Waals surface area contributed by atoms with Crippen LogP contribution in [0.25, 0.3) is 0 Å². The van der Waals surface area contributed by atoms with Gasteiger partial charge in [-0.25, -0.2) is 0 Å². The molecule has 2 saturated heterocycles. The van der Waals surface area contributed by atoms with Crippen molar-refractivity contribution in [2.75, 3.05) is 26.2 Å². The highest BCUT2D eigenvalue weighted by atomic mass is 15.3. The third kappa shape index (κ3) is 3.45. The molecule has 0 amide bonds. The van der Waals surface area contributed by atoms with Crippen molar-refractivity contribution in [1.82, 2.24) is 9.80 Å². The molecule has 2 heterocycles. The number of piperazine rings is 1. The second-order valence-electron chi connectivity index (χ2n) is 5.91. The Morgan fingerprint density at radius 2 is 1.94 bits per heavy atom. The molecule has 0 aromatic heterocycles. The first kappa shape index (κ1) is 13.4. The predicted molar refractivity (Wildman–Crippen MR) is 74.4 cm³/mol. The molecule has 2 nitrogen and oxygen atoms in total. The fraction of sp³-hybridized carbons (Fsp3) is 1.00. The van der Waals surface area contributed by atoms with Crippen LogP contribution in [0.5, 0.6) is 0 Å². The number of fused-ring (bicyclic) bond motifs is 1. The predicted octanol–water partition coefficient (Wildman–Crippen LogP) is 3.13. The van der Waals surface area contributed by atoms with Crippen LogP contribution in [0.2, 0.25) is 0 Å². The highest BCUT2D eigenvalue weighted by molar-refractivity contribution is 4.91. The van der Waals surface area contributed by atoms with Crippen LogP contribution in [-0.2, 0) is 0 Å². The van der Waals surface area contributed by atoms with Gasteiger partial charge in [0, 0.05) is 25.2 Å². The minimum absolute atomic E-state index is 0.839. The van der Waals surface area contributed by atoms with Gasteiger partial charge in [0.2, 0.25) is 0 Å². The van der Waals surface area contributed by atoms with E-state index in [9.17, 15) is 0 Å². The van der Waals surface area contributed by atoms with Crippen molar-refractivity contribution in [3.8, 4) is 0 Å². The number of nitrogens with zero attached hydrogens (tertiary/aromatic N) is 2. The van der Waals surface area contributed by atoms with E-state index in [2.05, 4.69) is 23.6 Å². The van der Waals surface area contributed by atoms with Crippen molar-refractivity contribution in [1.29, 1.82) is 0 Å².